The van der Waals surface area contributed by atoms with Crippen molar-refractivity contribution in [2.45, 2.75) is 106 Å². The highest BCUT2D eigenvalue weighted by molar-refractivity contribution is 5.84. The van der Waals surface area contributed by atoms with Crippen molar-refractivity contribution in [1.29, 1.82) is 5.26 Å². The van der Waals surface area contributed by atoms with Gasteiger partial charge in [-0.25, -0.2) is 0 Å². The first-order valence-corrected chi connectivity index (χ1v) is 15.9. The van der Waals surface area contributed by atoms with Crippen molar-refractivity contribution in [3.05, 3.63) is 23.8 Å². The van der Waals surface area contributed by atoms with Crippen LogP contribution in [-0.2, 0) is 4.79 Å². The van der Waals surface area contributed by atoms with Crippen LogP contribution in [0.15, 0.2) is 23.8 Å². The third-order valence-electron chi connectivity index (χ3n) is 13.5. The van der Waals surface area contributed by atoms with Gasteiger partial charge in [0.15, 0.2) is 0 Å². The zero-order chi connectivity index (χ0) is 28.4. The molecule has 4 nitrogen and oxygen atoms in total. The van der Waals surface area contributed by atoms with Crippen molar-refractivity contribution < 1.29 is 4.79 Å². The summed E-state index contributed by atoms with van der Waals surface area (Å²) >= 11 is 0. The van der Waals surface area contributed by atoms with Gasteiger partial charge in [0.1, 0.15) is 0 Å². The molecule has 0 N–H and O–H groups in total. The molecule has 1 saturated heterocycles. The van der Waals surface area contributed by atoms with E-state index in [0.29, 0.717) is 30.1 Å². The van der Waals surface area contributed by atoms with Gasteiger partial charge in [0.05, 0.1) is 11.5 Å². The zero-order valence-corrected chi connectivity index (χ0v) is 26.2. The molecule has 5 aliphatic rings. The number of amides is 1. The van der Waals surface area contributed by atoms with Crippen LogP contribution in [0.4, 0.5) is 0 Å². The summed E-state index contributed by atoms with van der Waals surface area (Å²) in [5.74, 6) is 1.85. The van der Waals surface area contributed by atoms with Crippen LogP contribution in [0.5, 0.6) is 0 Å². The number of nitriles is 1. The number of carbonyl (C=O) groups excluding carboxylic acids is 1. The van der Waals surface area contributed by atoms with Gasteiger partial charge in [0, 0.05) is 32.6 Å². The van der Waals surface area contributed by atoms with Crippen LogP contribution in [0.2, 0.25) is 0 Å². The van der Waals surface area contributed by atoms with Gasteiger partial charge in [-0.3, -0.25) is 4.79 Å². The van der Waals surface area contributed by atoms with Gasteiger partial charge in [-0.1, -0.05) is 58.4 Å². The molecular formula is C35H55N3O. The molecule has 0 unspecified atom stereocenters. The Hall–Kier alpha value is -1.60. The highest BCUT2D eigenvalue weighted by Gasteiger charge is 2.67. The number of rotatable bonds is 4. The average Bonchev–Trinajstić information content (AvgIpc) is 2.87. The standard InChI is InChI=1S/C35H55N3O/c1-25(2)26-12-14-34(7)29(32(26,5)13-9-19-36)11-10-27-28-24-31(3,4)15-17-35(28,18-16-33(27,34)6)30(39)38-22-20-37(8)21-23-38/h10,26,28-29H,1,9,11-18,20-24H2,2-8H3/t26-,28-,29+,32-,33+,34+,35-/m0/s1. The number of piperazine rings is 1. The summed E-state index contributed by atoms with van der Waals surface area (Å²) in [5, 5.41) is 9.59. The summed E-state index contributed by atoms with van der Waals surface area (Å²) in [4.78, 5) is 19.1. The summed E-state index contributed by atoms with van der Waals surface area (Å²) in [6.07, 6.45) is 13.2. The molecule has 7 atom stereocenters. The second-order valence-corrected chi connectivity index (χ2v) is 16.0. The highest BCUT2D eigenvalue weighted by atomic mass is 16.2. The van der Waals surface area contributed by atoms with E-state index in [4.69, 9.17) is 0 Å². The average molecular weight is 534 g/mol. The number of fused-ring (bicyclic) bond motifs is 5. The second kappa shape index (κ2) is 9.75. The van der Waals surface area contributed by atoms with Gasteiger partial charge in [0.2, 0.25) is 5.91 Å². The number of hydrogen-bond acceptors (Lipinski definition) is 3. The van der Waals surface area contributed by atoms with Crippen molar-refractivity contribution >= 4 is 5.91 Å². The molecule has 0 spiro atoms. The Morgan fingerprint density at radius 2 is 1.72 bits per heavy atom. The van der Waals surface area contributed by atoms with Crippen LogP contribution in [-0.4, -0.2) is 48.9 Å². The lowest BCUT2D eigenvalue weighted by atomic mass is 9.35. The van der Waals surface area contributed by atoms with Crippen LogP contribution in [0.1, 0.15) is 106 Å². The van der Waals surface area contributed by atoms with E-state index in [1.165, 1.54) is 18.4 Å². The maximum absolute atomic E-state index is 14.5. The quantitative estimate of drug-likeness (QED) is 0.349. The van der Waals surface area contributed by atoms with E-state index in [1.54, 1.807) is 5.57 Å². The van der Waals surface area contributed by atoms with Gasteiger partial charge in [0.25, 0.3) is 0 Å². The van der Waals surface area contributed by atoms with Gasteiger partial charge >= 0.3 is 0 Å². The zero-order valence-electron chi connectivity index (χ0n) is 26.2. The molecule has 3 saturated carbocycles. The minimum atomic E-state index is -0.223. The largest absolute Gasteiger partial charge is 0.340 e. The van der Waals surface area contributed by atoms with Crippen LogP contribution in [0, 0.1) is 56.2 Å². The van der Waals surface area contributed by atoms with E-state index < -0.39 is 0 Å². The highest BCUT2D eigenvalue weighted by Crippen LogP contribution is 2.74. The van der Waals surface area contributed by atoms with E-state index in [9.17, 15) is 10.1 Å². The monoisotopic (exact) mass is 533 g/mol. The Labute approximate surface area is 239 Å². The summed E-state index contributed by atoms with van der Waals surface area (Å²) in [6, 6.07) is 2.48. The molecule has 4 heteroatoms. The predicted octanol–water partition coefficient (Wildman–Crippen LogP) is 7.62. The van der Waals surface area contributed by atoms with Crippen molar-refractivity contribution in [2.75, 3.05) is 33.2 Å². The van der Waals surface area contributed by atoms with Gasteiger partial charge in [-0.05, 0) is 111 Å². The molecule has 0 aromatic carbocycles. The molecular weight excluding hydrogens is 478 g/mol. The van der Waals surface area contributed by atoms with Crippen molar-refractivity contribution in [1.82, 2.24) is 9.80 Å². The van der Waals surface area contributed by atoms with Gasteiger partial charge in [-0.2, -0.15) is 5.26 Å². The maximum atomic E-state index is 14.5. The van der Waals surface area contributed by atoms with E-state index >= 15 is 0 Å². The first kappa shape index (κ1) is 28.9. The molecule has 4 fully saturated rings. The maximum Gasteiger partial charge on any atom is 0.229 e. The van der Waals surface area contributed by atoms with Crippen LogP contribution in [0.3, 0.4) is 0 Å². The summed E-state index contributed by atoms with van der Waals surface area (Å²) in [5.41, 5.74) is 3.36. The fourth-order valence-corrected chi connectivity index (χ4v) is 10.8. The predicted molar refractivity (Wildman–Crippen MR) is 160 cm³/mol. The minimum Gasteiger partial charge on any atom is -0.340 e. The molecule has 5 rings (SSSR count). The Balaban J connectivity index is 1.57. The Morgan fingerprint density at radius 3 is 2.36 bits per heavy atom. The van der Waals surface area contributed by atoms with E-state index in [2.05, 4.69) is 77.1 Å². The van der Waals surface area contributed by atoms with E-state index in [0.717, 1.165) is 71.1 Å². The third-order valence-corrected chi connectivity index (χ3v) is 13.5. The van der Waals surface area contributed by atoms with Crippen LogP contribution >= 0.6 is 0 Å². The molecule has 0 aromatic rings. The van der Waals surface area contributed by atoms with Crippen molar-refractivity contribution in [2.24, 2.45) is 44.8 Å². The molecule has 0 radical (unpaired) electrons. The van der Waals surface area contributed by atoms with Gasteiger partial charge in [-0.15, -0.1) is 0 Å². The van der Waals surface area contributed by atoms with E-state index in [-0.39, 0.29) is 27.1 Å². The van der Waals surface area contributed by atoms with Crippen LogP contribution < -0.4 is 0 Å². The normalized spacial score (nSPS) is 43.8. The molecule has 39 heavy (non-hydrogen) atoms. The fourth-order valence-electron chi connectivity index (χ4n) is 10.8. The summed E-state index contributed by atoms with van der Waals surface area (Å²) < 4.78 is 0. The topological polar surface area (TPSA) is 47.3 Å². The first-order valence-electron chi connectivity index (χ1n) is 15.9. The molecule has 0 bridgehead atoms. The Morgan fingerprint density at radius 1 is 1.05 bits per heavy atom. The SMILES string of the molecule is C=C(C)[C@@H]1CC[C@]2(C)[C@H](CC=C3[C@@H]4CC(C)(C)CC[C@]4(C(=O)N4CCN(C)CC4)CC[C@]32C)[C@@]1(C)CCC#N. The lowest BCUT2D eigenvalue weighted by molar-refractivity contribution is -0.167. The minimum absolute atomic E-state index is 0.0929. The summed E-state index contributed by atoms with van der Waals surface area (Å²) in [6.45, 7) is 23.0. The van der Waals surface area contributed by atoms with Crippen molar-refractivity contribution in [3.63, 3.8) is 0 Å². The summed E-state index contributed by atoms with van der Waals surface area (Å²) in [7, 11) is 2.18. The number of likely N-dealkylation sites (N-methyl/N-ethyl adjacent to an activating group) is 1. The molecule has 1 heterocycles. The van der Waals surface area contributed by atoms with Crippen molar-refractivity contribution in [3.8, 4) is 6.07 Å². The number of hydrogen-bond donors (Lipinski definition) is 0. The smallest absolute Gasteiger partial charge is 0.229 e. The number of nitrogens with zero attached hydrogens (tertiary/aromatic N) is 3. The molecule has 1 amide bonds. The number of allylic oxidation sites excluding steroid dienone is 3. The Kier molecular flexibility index (Phi) is 7.23. The molecule has 0 aromatic heterocycles. The lowest BCUT2D eigenvalue weighted by Crippen LogP contribution is -2.64. The second-order valence-electron chi connectivity index (χ2n) is 16.0. The number of carbonyl (C=O) groups is 1. The lowest BCUT2D eigenvalue weighted by Gasteiger charge is -2.69. The third kappa shape index (κ3) is 4.27. The first-order chi connectivity index (χ1) is 18.2. The molecule has 216 valence electrons. The molecule has 1 aliphatic heterocycles. The van der Waals surface area contributed by atoms with Gasteiger partial charge < -0.3 is 9.80 Å². The fraction of sp³-hybridized carbons (Fsp3) is 0.829. The Bertz CT molecular complexity index is 1080. The van der Waals surface area contributed by atoms with E-state index in [1.807, 2.05) is 0 Å². The molecule has 4 aliphatic carbocycles. The van der Waals surface area contributed by atoms with Crippen LogP contribution in [0.25, 0.3) is 0 Å².